The molecule has 3 heterocycles. The van der Waals surface area contributed by atoms with Crippen LogP contribution in [-0.4, -0.2) is 28.5 Å². The van der Waals surface area contributed by atoms with Gasteiger partial charge in [-0.05, 0) is 24.8 Å². The van der Waals surface area contributed by atoms with E-state index in [0.29, 0.717) is 6.61 Å². The molecule has 1 aliphatic heterocycles. The Labute approximate surface area is 127 Å². The van der Waals surface area contributed by atoms with Gasteiger partial charge in [0.1, 0.15) is 6.10 Å². The van der Waals surface area contributed by atoms with Crippen LogP contribution in [0.3, 0.4) is 0 Å². The maximum atomic E-state index is 12.0. The normalized spacial score (nSPS) is 21.4. The highest BCUT2D eigenvalue weighted by Crippen LogP contribution is 2.29. The second-order valence-corrected chi connectivity index (χ2v) is 5.71. The van der Waals surface area contributed by atoms with E-state index in [0.717, 1.165) is 24.2 Å². The topological polar surface area (TPSA) is 68.2 Å². The van der Waals surface area contributed by atoms with Gasteiger partial charge in [-0.1, -0.05) is 0 Å². The molecule has 0 radical (unpaired) electrons. The Morgan fingerprint density at radius 2 is 2.52 bits per heavy atom. The van der Waals surface area contributed by atoms with E-state index in [1.165, 1.54) is 0 Å². The summed E-state index contributed by atoms with van der Waals surface area (Å²) < 4.78 is 7.61. The molecule has 1 fully saturated rings. The SMILES string of the molecule is CCn1cc([C@H]2OCC[C@@H]2NC(=O)Nc2ccsc2)cn1. The second-order valence-electron chi connectivity index (χ2n) is 4.93. The molecule has 2 atom stereocenters. The molecule has 2 aromatic rings. The number of thiophene rings is 1. The number of amides is 2. The third-order valence-corrected chi connectivity index (χ3v) is 4.18. The number of aryl methyl sites for hydroxylation is 1. The van der Waals surface area contributed by atoms with Gasteiger partial charge in [0, 0.05) is 30.3 Å². The van der Waals surface area contributed by atoms with Gasteiger partial charge in [0.05, 0.1) is 17.9 Å². The van der Waals surface area contributed by atoms with Crippen LogP contribution in [0.2, 0.25) is 0 Å². The van der Waals surface area contributed by atoms with Crippen molar-refractivity contribution in [3.63, 3.8) is 0 Å². The summed E-state index contributed by atoms with van der Waals surface area (Å²) in [6, 6.07) is 1.65. The molecule has 112 valence electrons. The summed E-state index contributed by atoms with van der Waals surface area (Å²) in [7, 11) is 0. The molecular formula is C14H18N4O2S. The highest BCUT2D eigenvalue weighted by Gasteiger charge is 2.31. The Balaban J connectivity index is 1.62. The molecule has 7 heteroatoms. The largest absolute Gasteiger partial charge is 0.371 e. The average Bonchev–Trinajstić information content (AvgIpc) is 3.18. The number of nitrogens with one attached hydrogen (secondary N) is 2. The van der Waals surface area contributed by atoms with Gasteiger partial charge in [0.25, 0.3) is 0 Å². The number of ether oxygens (including phenoxy) is 1. The maximum absolute atomic E-state index is 12.0. The number of aromatic nitrogens is 2. The predicted octanol–water partition coefficient (Wildman–Crippen LogP) is 2.62. The quantitative estimate of drug-likeness (QED) is 0.912. The molecule has 1 aliphatic rings. The van der Waals surface area contributed by atoms with Gasteiger partial charge >= 0.3 is 6.03 Å². The van der Waals surface area contributed by atoms with Crippen LogP contribution in [0.5, 0.6) is 0 Å². The lowest BCUT2D eigenvalue weighted by atomic mass is 10.1. The maximum Gasteiger partial charge on any atom is 0.319 e. The lowest BCUT2D eigenvalue weighted by molar-refractivity contribution is 0.100. The number of nitrogens with zero attached hydrogens (tertiary/aromatic N) is 2. The van der Waals surface area contributed by atoms with E-state index in [2.05, 4.69) is 15.7 Å². The first-order valence-electron chi connectivity index (χ1n) is 7.00. The monoisotopic (exact) mass is 306 g/mol. The molecule has 0 bridgehead atoms. The zero-order valence-corrected chi connectivity index (χ0v) is 12.6. The first kappa shape index (κ1) is 14.1. The second kappa shape index (κ2) is 6.28. The molecule has 0 aliphatic carbocycles. The summed E-state index contributed by atoms with van der Waals surface area (Å²) in [6.45, 7) is 3.51. The summed E-state index contributed by atoms with van der Waals surface area (Å²) in [5.41, 5.74) is 1.82. The van der Waals surface area contributed by atoms with Gasteiger partial charge in [0.15, 0.2) is 0 Å². The minimum absolute atomic E-state index is 0.0295. The van der Waals surface area contributed by atoms with Gasteiger partial charge in [-0.2, -0.15) is 16.4 Å². The van der Waals surface area contributed by atoms with Gasteiger partial charge in [-0.15, -0.1) is 0 Å². The number of carbonyl (C=O) groups is 1. The van der Waals surface area contributed by atoms with Crippen LogP contribution >= 0.6 is 11.3 Å². The van der Waals surface area contributed by atoms with E-state index in [1.54, 1.807) is 11.3 Å². The van der Waals surface area contributed by atoms with Crippen molar-refractivity contribution in [3.05, 3.63) is 34.8 Å². The zero-order valence-electron chi connectivity index (χ0n) is 11.8. The molecule has 0 unspecified atom stereocenters. The molecule has 0 saturated carbocycles. The smallest absolute Gasteiger partial charge is 0.319 e. The summed E-state index contributed by atoms with van der Waals surface area (Å²) in [4.78, 5) is 12.0. The number of hydrogen-bond donors (Lipinski definition) is 2. The van der Waals surface area contributed by atoms with E-state index in [9.17, 15) is 4.79 Å². The lowest BCUT2D eigenvalue weighted by Crippen LogP contribution is -2.39. The first-order valence-corrected chi connectivity index (χ1v) is 7.94. The van der Waals surface area contributed by atoms with Crippen LogP contribution in [0, 0.1) is 0 Å². The molecule has 2 amide bonds. The lowest BCUT2D eigenvalue weighted by Gasteiger charge is -2.18. The molecule has 3 rings (SSSR count). The van der Waals surface area contributed by atoms with Crippen LogP contribution in [0.15, 0.2) is 29.2 Å². The first-order chi connectivity index (χ1) is 10.3. The number of rotatable bonds is 4. The zero-order chi connectivity index (χ0) is 14.7. The fraction of sp³-hybridized carbons (Fsp3) is 0.429. The Bertz CT molecular complexity index is 596. The van der Waals surface area contributed by atoms with Crippen molar-refractivity contribution in [2.75, 3.05) is 11.9 Å². The third kappa shape index (κ3) is 3.25. The average molecular weight is 306 g/mol. The number of hydrogen-bond acceptors (Lipinski definition) is 4. The molecule has 0 spiro atoms. The van der Waals surface area contributed by atoms with Crippen LogP contribution in [0.25, 0.3) is 0 Å². The molecule has 6 nitrogen and oxygen atoms in total. The van der Waals surface area contributed by atoms with E-state index < -0.39 is 0 Å². The third-order valence-electron chi connectivity index (χ3n) is 3.49. The number of carbonyl (C=O) groups excluding carboxylic acids is 1. The van der Waals surface area contributed by atoms with Gasteiger partial charge in [0.2, 0.25) is 0 Å². The predicted molar refractivity (Wildman–Crippen MR) is 81.5 cm³/mol. The molecule has 21 heavy (non-hydrogen) atoms. The summed E-state index contributed by atoms with van der Waals surface area (Å²) in [5.74, 6) is 0. The van der Waals surface area contributed by atoms with Gasteiger partial charge < -0.3 is 15.4 Å². The van der Waals surface area contributed by atoms with E-state index in [4.69, 9.17) is 4.74 Å². The molecule has 2 aromatic heterocycles. The van der Waals surface area contributed by atoms with E-state index >= 15 is 0 Å². The summed E-state index contributed by atoms with van der Waals surface area (Å²) >= 11 is 1.55. The summed E-state index contributed by atoms with van der Waals surface area (Å²) in [6.07, 6.45) is 4.46. The molecule has 1 saturated heterocycles. The Morgan fingerprint density at radius 1 is 1.62 bits per heavy atom. The minimum atomic E-state index is -0.197. The number of urea groups is 1. The van der Waals surface area contributed by atoms with Gasteiger partial charge in [-0.25, -0.2) is 4.79 Å². The summed E-state index contributed by atoms with van der Waals surface area (Å²) in [5, 5.41) is 13.9. The van der Waals surface area contributed by atoms with Crippen molar-refractivity contribution >= 4 is 23.1 Å². The van der Waals surface area contributed by atoms with Crippen LogP contribution in [0.1, 0.15) is 25.0 Å². The molecular weight excluding hydrogens is 288 g/mol. The van der Waals surface area contributed by atoms with E-state index in [1.807, 2.05) is 40.8 Å². The van der Waals surface area contributed by atoms with E-state index in [-0.39, 0.29) is 18.2 Å². The van der Waals surface area contributed by atoms with Crippen molar-refractivity contribution in [2.45, 2.75) is 32.0 Å². The number of anilines is 1. The minimum Gasteiger partial charge on any atom is -0.371 e. The van der Waals surface area contributed by atoms with Crippen molar-refractivity contribution in [1.82, 2.24) is 15.1 Å². The van der Waals surface area contributed by atoms with Crippen molar-refractivity contribution < 1.29 is 9.53 Å². The highest BCUT2D eigenvalue weighted by atomic mass is 32.1. The van der Waals surface area contributed by atoms with Crippen molar-refractivity contribution in [1.29, 1.82) is 0 Å². The Morgan fingerprint density at radius 3 is 3.24 bits per heavy atom. The fourth-order valence-corrected chi connectivity index (χ4v) is 3.02. The molecule has 2 N–H and O–H groups in total. The fourth-order valence-electron chi connectivity index (χ4n) is 2.44. The van der Waals surface area contributed by atoms with Crippen LogP contribution in [0.4, 0.5) is 10.5 Å². The Hall–Kier alpha value is -1.86. The van der Waals surface area contributed by atoms with Gasteiger partial charge in [-0.3, -0.25) is 4.68 Å². The van der Waals surface area contributed by atoms with Crippen LogP contribution < -0.4 is 10.6 Å². The van der Waals surface area contributed by atoms with Crippen molar-refractivity contribution in [3.8, 4) is 0 Å². The van der Waals surface area contributed by atoms with Crippen LogP contribution in [-0.2, 0) is 11.3 Å². The van der Waals surface area contributed by atoms with Crippen molar-refractivity contribution in [2.24, 2.45) is 0 Å². The molecule has 0 aromatic carbocycles. The Kier molecular flexibility index (Phi) is 4.21. The highest BCUT2D eigenvalue weighted by molar-refractivity contribution is 7.08. The standard InChI is InChI=1S/C14H18N4O2S/c1-2-18-8-10(7-15-18)13-12(3-5-20-13)17-14(19)16-11-4-6-21-9-11/h4,6-9,12-13H,2-3,5H2,1H3,(H2,16,17,19)/t12-,13+/m0/s1.